The fraction of sp³-hybridized carbons (Fsp3) is 0.667. The molecule has 0 aliphatic carbocycles. The molecule has 1 heterocycles. The summed E-state index contributed by atoms with van der Waals surface area (Å²) in [5.41, 5.74) is 5.27. The Kier molecular flexibility index (Phi) is 8.76. The van der Waals surface area contributed by atoms with Gasteiger partial charge in [0.1, 0.15) is 0 Å². The SMILES string of the molecule is CC(C)(C)c1cc(C(C)(C)C)c(-n2nnnp2)c(C(C)(C)C)c1.[Cl][Ga-]([Cl])[Cl]. The predicted octanol–water partition coefficient (Wildman–Crippen LogP) is 6.82. The first-order chi connectivity index (χ1) is 12.0. The van der Waals surface area contributed by atoms with E-state index in [4.69, 9.17) is 28.9 Å². The molecule has 9 heteroatoms. The predicted molar refractivity (Wildman–Crippen MR) is 121 cm³/mol. The van der Waals surface area contributed by atoms with Crippen LogP contribution in [0.15, 0.2) is 12.1 Å². The van der Waals surface area contributed by atoms with Gasteiger partial charge in [-0.25, -0.2) is 0 Å². The van der Waals surface area contributed by atoms with Crippen LogP contribution in [0.5, 0.6) is 0 Å². The molecular formula is C18H29Cl3GaN4P-. The Morgan fingerprint density at radius 3 is 1.48 bits per heavy atom. The van der Waals surface area contributed by atoms with Crippen LogP contribution in [0.2, 0.25) is 0 Å². The van der Waals surface area contributed by atoms with Gasteiger partial charge >= 0.3 is 42.1 Å². The van der Waals surface area contributed by atoms with Crippen molar-refractivity contribution in [3.63, 3.8) is 0 Å². The number of aromatic nitrogens is 4. The summed E-state index contributed by atoms with van der Waals surface area (Å²) in [5, 5.41) is 8.05. The Bertz CT molecular complexity index is 708. The Morgan fingerprint density at radius 1 is 0.815 bits per heavy atom. The van der Waals surface area contributed by atoms with E-state index < -0.39 is 13.2 Å². The molecule has 4 nitrogen and oxygen atoms in total. The molecule has 2 rings (SSSR count). The van der Waals surface area contributed by atoms with E-state index in [1.165, 1.54) is 16.7 Å². The van der Waals surface area contributed by atoms with Crippen LogP contribution in [-0.2, 0) is 16.2 Å². The topological polar surface area (TPSA) is 43.6 Å². The van der Waals surface area contributed by atoms with E-state index in [1.54, 1.807) is 0 Å². The van der Waals surface area contributed by atoms with Crippen molar-refractivity contribution in [2.24, 2.45) is 0 Å². The molecule has 151 valence electrons. The minimum atomic E-state index is -2.06. The molecule has 1 aromatic heterocycles. The van der Waals surface area contributed by atoms with Gasteiger partial charge in [-0.05, 0) is 43.4 Å². The Hall–Kier alpha value is 0.226. The van der Waals surface area contributed by atoms with E-state index in [2.05, 4.69) is 89.7 Å². The molecule has 0 saturated carbocycles. The van der Waals surface area contributed by atoms with Crippen molar-refractivity contribution in [1.82, 2.24) is 19.7 Å². The monoisotopic (exact) mass is 506 g/mol. The first-order valence-electron chi connectivity index (χ1n) is 8.78. The molecule has 0 aliphatic heterocycles. The number of nitrogens with zero attached hydrogens (tertiary/aromatic N) is 4. The fourth-order valence-corrected chi connectivity index (χ4v) is 3.17. The number of hydrogen-bond donors (Lipinski definition) is 0. The van der Waals surface area contributed by atoms with Gasteiger partial charge in [0.05, 0.1) is 5.69 Å². The Morgan fingerprint density at radius 2 is 1.22 bits per heavy atom. The van der Waals surface area contributed by atoms with Crippen LogP contribution < -0.4 is 0 Å². The minimum absolute atomic E-state index is 0.0181. The summed E-state index contributed by atoms with van der Waals surface area (Å²) in [6, 6.07) is 4.68. The normalized spacial score (nSPS) is 13.1. The van der Waals surface area contributed by atoms with Crippen molar-refractivity contribution in [3.8, 4) is 5.69 Å². The van der Waals surface area contributed by atoms with Crippen molar-refractivity contribution < 1.29 is 0 Å². The van der Waals surface area contributed by atoms with Crippen LogP contribution in [0.25, 0.3) is 5.69 Å². The van der Waals surface area contributed by atoms with Gasteiger partial charge in [-0.1, -0.05) is 79.3 Å². The molecule has 1 aromatic carbocycles. The summed E-state index contributed by atoms with van der Waals surface area (Å²) in [7, 11) is 15.7. The van der Waals surface area contributed by atoms with Crippen LogP contribution in [0.3, 0.4) is 0 Å². The van der Waals surface area contributed by atoms with Gasteiger partial charge in [0.25, 0.3) is 0 Å². The molecular weight excluding hydrogens is 479 g/mol. The molecule has 0 amide bonds. The molecule has 1 radical (unpaired) electrons. The number of rotatable bonds is 1. The van der Waals surface area contributed by atoms with Crippen molar-refractivity contribution >= 4 is 50.6 Å². The fourth-order valence-electron chi connectivity index (χ4n) is 2.65. The third-order valence-electron chi connectivity index (χ3n) is 4.08. The van der Waals surface area contributed by atoms with E-state index >= 15 is 0 Å². The van der Waals surface area contributed by atoms with Crippen molar-refractivity contribution in [2.45, 2.75) is 78.6 Å². The van der Waals surface area contributed by atoms with Crippen molar-refractivity contribution in [2.75, 3.05) is 0 Å². The zero-order chi connectivity index (χ0) is 21.2. The Labute approximate surface area is 182 Å². The van der Waals surface area contributed by atoms with Gasteiger partial charge in [-0.15, -0.1) is 0 Å². The Balaban J connectivity index is 0.000000828. The zero-order valence-corrected chi connectivity index (χ0v) is 23.2. The third-order valence-corrected chi connectivity index (χ3v) is 4.69. The van der Waals surface area contributed by atoms with Crippen molar-refractivity contribution in [3.05, 3.63) is 28.8 Å². The second kappa shape index (κ2) is 9.36. The molecule has 0 aliphatic rings. The van der Waals surface area contributed by atoms with Gasteiger partial charge in [-0.3, -0.25) is 0 Å². The van der Waals surface area contributed by atoms with Crippen LogP contribution in [-0.4, -0.2) is 32.9 Å². The summed E-state index contributed by atoms with van der Waals surface area (Å²) in [6.07, 6.45) is 0. The van der Waals surface area contributed by atoms with Gasteiger partial charge in [-0.2, -0.15) is 4.44 Å². The van der Waals surface area contributed by atoms with E-state index in [0.717, 1.165) is 14.2 Å². The van der Waals surface area contributed by atoms with Gasteiger partial charge < -0.3 is 0 Å². The van der Waals surface area contributed by atoms with Gasteiger partial charge in [0.2, 0.25) is 0 Å². The van der Waals surface area contributed by atoms with E-state index in [-0.39, 0.29) is 16.2 Å². The first-order valence-corrected chi connectivity index (χ1v) is 19.1. The van der Waals surface area contributed by atoms with Gasteiger partial charge in [0, 0.05) is 0 Å². The van der Waals surface area contributed by atoms with E-state index in [9.17, 15) is 0 Å². The van der Waals surface area contributed by atoms with E-state index in [0.29, 0.717) is 0 Å². The second-order valence-electron chi connectivity index (χ2n) is 9.56. The summed E-state index contributed by atoms with van der Waals surface area (Å²) in [6.45, 7) is 20.3. The molecule has 0 N–H and O–H groups in total. The molecule has 0 unspecified atom stereocenters. The summed E-state index contributed by atoms with van der Waals surface area (Å²) < 4.78 is 1.91. The standard InChI is InChI=1S/C18H29N4P.3ClH.Ga/c1-16(2,3)12-10-13(17(4,5)6)15(22-20-19-21-23-22)14(11-12)18(7,8)9;;;;/h10-11H,1-9H3;3*1H;/q;;;;+2/p-3. The van der Waals surface area contributed by atoms with E-state index in [1.807, 2.05) is 4.44 Å². The van der Waals surface area contributed by atoms with Crippen LogP contribution >= 0.6 is 37.4 Å². The van der Waals surface area contributed by atoms with Crippen LogP contribution in [0, 0.1) is 0 Å². The molecule has 0 bridgehead atoms. The number of halogens is 3. The third kappa shape index (κ3) is 7.53. The maximum absolute atomic E-state index is 4.99. The second-order valence-corrected chi connectivity index (χ2v) is 21.6. The average molecular weight is 509 g/mol. The summed E-state index contributed by atoms with van der Waals surface area (Å²) in [4.78, 5) is 4.02. The molecule has 0 fully saturated rings. The number of hydrogen-bond acceptors (Lipinski definition) is 3. The molecule has 2 aromatic rings. The summed E-state index contributed by atoms with van der Waals surface area (Å²) in [5.74, 6) is 0. The molecule has 0 saturated heterocycles. The van der Waals surface area contributed by atoms with Crippen LogP contribution in [0.1, 0.15) is 79.0 Å². The first kappa shape index (κ1) is 25.3. The summed E-state index contributed by atoms with van der Waals surface area (Å²) >= 11 is -2.06. The quantitative estimate of drug-likeness (QED) is 0.397. The van der Waals surface area contributed by atoms with Crippen molar-refractivity contribution in [1.29, 1.82) is 0 Å². The number of benzene rings is 1. The zero-order valence-electron chi connectivity index (χ0n) is 17.6. The maximum atomic E-state index is 4.99. The molecule has 0 atom stereocenters. The molecule has 27 heavy (non-hydrogen) atoms. The molecule has 0 spiro atoms. The average Bonchev–Trinajstić information content (AvgIpc) is 2.96. The van der Waals surface area contributed by atoms with Crippen LogP contribution in [0.4, 0.5) is 0 Å². The van der Waals surface area contributed by atoms with Gasteiger partial charge in [0.15, 0.2) is 8.51 Å².